The summed E-state index contributed by atoms with van der Waals surface area (Å²) in [4.78, 5) is 0. The van der Waals surface area contributed by atoms with Gasteiger partial charge in [0.15, 0.2) is 0 Å². The van der Waals surface area contributed by atoms with Crippen molar-refractivity contribution >= 4 is 10.8 Å². The van der Waals surface area contributed by atoms with Crippen molar-refractivity contribution < 1.29 is 5.11 Å². The molecule has 4 aromatic rings. The number of aryl methyl sites for hydroxylation is 1. The summed E-state index contributed by atoms with van der Waals surface area (Å²) in [7, 11) is 0. The Labute approximate surface area is 179 Å². The fourth-order valence-electron chi connectivity index (χ4n) is 4.49. The molecule has 0 amide bonds. The standard InChI is InChI=1S/C28H28NO/c1-20-10-3-4-12-22(20)18-28(2,30)27(25-16-8-6-13-23(25)19-29)26-17-9-14-21-11-5-7-15-24(21)26/h3-17,27,30H,2,18-19,29H2,1H3. The quantitative estimate of drug-likeness (QED) is 0.451. The van der Waals surface area contributed by atoms with Gasteiger partial charge in [-0.15, -0.1) is 0 Å². The molecule has 0 bridgehead atoms. The third kappa shape index (κ3) is 3.89. The summed E-state index contributed by atoms with van der Waals surface area (Å²) in [6, 6.07) is 30.9. The molecule has 0 aromatic heterocycles. The fourth-order valence-corrected chi connectivity index (χ4v) is 4.49. The van der Waals surface area contributed by atoms with E-state index in [1.807, 2.05) is 42.5 Å². The van der Waals surface area contributed by atoms with Gasteiger partial charge < -0.3 is 10.8 Å². The van der Waals surface area contributed by atoms with E-state index in [4.69, 9.17) is 5.73 Å². The second-order valence-corrected chi connectivity index (χ2v) is 8.11. The topological polar surface area (TPSA) is 46.2 Å². The van der Waals surface area contributed by atoms with Gasteiger partial charge in [-0.05, 0) is 52.4 Å². The average Bonchev–Trinajstić information content (AvgIpc) is 2.76. The summed E-state index contributed by atoms with van der Waals surface area (Å²) in [5.74, 6) is -0.317. The smallest absolute Gasteiger partial charge is 0.0798 e. The van der Waals surface area contributed by atoms with Crippen LogP contribution in [0, 0.1) is 13.8 Å². The highest BCUT2D eigenvalue weighted by Crippen LogP contribution is 2.41. The number of fused-ring (bicyclic) bond motifs is 1. The first-order chi connectivity index (χ1) is 14.5. The van der Waals surface area contributed by atoms with E-state index in [1.165, 1.54) is 0 Å². The first-order valence-electron chi connectivity index (χ1n) is 10.4. The van der Waals surface area contributed by atoms with Crippen LogP contribution in [0.3, 0.4) is 0 Å². The average molecular weight is 395 g/mol. The van der Waals surface area contributed by atoms with Crippen LogP contribution in [-0.2, 0) is 13.0 Å². The summed E-state index contributed by atoms with van der Waals surface area (Å²) in [6.45, 7) is 6.85. The van der Waals surface area contributed by atoms with Crippen LogP contribution in [-0.4, -0.2) is 10.7 Å². The fraction of sp³-hybridized carbons (Fsp3) is 0.179. The van der Waals surface area contributed by atoms with Crippen LogP contribution in [0.15, 0.2) is 91.0 Å². The van der Waals surface area contributed by atoms with Gasteiger partial charge in [-0.2, -0.15) is 0 Å². The molecular formula is C28H28NO. The molecule has 3 N–H and O–H groups in total. The van der Waals surface area contributed by atoms with Gasteiger partial charge in [0.2, 0.25) is 0 Å². The molecule has 2 nitrogen and oxygen atoms in total. The summed E-state index contributed by atoms with van der Waals surface area (Å²) in [6.07, 6.45) is 0.451. The number of aliphatic hydroxyl groups is 1. The molecule has 30 heavy (non-hydrogen) atoms. The Morgan fingerprint density at radius 1 is 0.800 bits per heavy atom. The molecular weight excluding hydrogens is 366 g/mol. The summed E-state index contributed by atoms with van der Waals surface area (Å²) < 4.78 is 0. The molecule has 151 valence electrons. The van der Waals surface area contributed by atoms with E-state index in [-0.39, 0.29) is 5.92 Å². The van der Waals surface area contributed by atoms with Crippen LogP contribution in [0.2, 0.25) is 0 Å². The molecule has 0 spiro atoms. The lowest BCUT2D eigenvalue weighted by Crippen LogP contribution is -2.37. The Morgan fingerprint density at radius 2 is 1.40 bits per heavy atom. The molecule has 2 heteroatoms. The molecule has 0 aliphatic rings. The molecule has 2 atom stereocenters. The van der Waals surface area contributed by atoms with Crippen molar-refractivity contribution in [2.24, 2.45) is 5.73 Å². The van der Waals surface area contributed by atoms with Crippen molar-refractivity contribution in [2.45, 2.75) is 31.4 Å². The SMILES string of the molecule is [CH2]C(O)(Cc1ccccc1C)C(c1ccccc1CN)c1cccc2ccccc12. The summed E-state index contributed by atoms with van der Waals surface area (Å²) in [5, 5.41) is 14.2. The number of hydrogen-bond donors (Lipinski definition) is 2. The van der Waals surface area contributed by atoms with Gasteiger partial charge in [-0.1, -0.05) is 91.0 Å². The van der Waals surface area contributed by atoms with Gasteiger partial charge in [0.25, 0.3) is 0 Å². The first-order valence-corrected chi connectivity index (χ1v) is 10.4. The summed E-state index contributed by atoms with van der Waals surface area (Å²) >= 11 is 0. The van der Waals surface area contributed by atoms with Gasteiger partial charge in [-0.25, -0.2) is 0 Å². The summed E-state index contributed by atoms with van der Waals surface area (Å²) in [5.41, 5.74) is 10.2. The molecule has 0 aliphatic heterocycles. The van der Waals surface area contributed by atoms with Crippen LogP contribution in [0.5, 0.6) is 0 Å². The number of benzene rings is 4. The number of hydrogen-bond acceptors (Lipinski definition) is 2. The van der Waals surface area contributed by atoms with E-state index in [0.717, 1.165) is 38.6 Å². The van der Waals surface area contributed by atoms with Crippen molar-refractivity contribution in [3.63, 3.8) is 0 Å². The number of rotatable bonds is 6. The highest BCUT2D eigenvalue weighted by atomic mass is 16.3. The van der Waals surface area contributed by atoms with Gasteiger partial charge >= 0.3 is 0 Å². The predicted octanol–water partition coefficient (Wildman–Crippen LogP) is 5.55. The van der Waals surface area contributed by atoms with Crippen molar-refractivity contribution in [1.29, 1.82) is 0 Å². The third-order valence-corrected chi connectivity index (χ3v) is 6.02. The first kappa shape index (κ1) is 20.3. The normalized spacial score (nSPS) is 14.4. The van der Waals surface area contributed by atoms with Crippen molar-refractivity contribution in [3.8, 4) is 0 Å². The lowest BCUT2D eigenvalue weighted by molar-refractivity contribution is 0.0706. The second-order valence-electron chi connectivity index (χ2n) is 8.11. The van der Waals surface area contributed by atoms with Gasteiger partial charge in [0.1, 0.15) is 0 Å². The highest BCUT2D eigenvalue weighted by Gasteiger charge is 2.37. The maximum Gasteiger partial charge on any atom is 0.0798 e. The van der Waals surface area contributed by atoms with Crippen molar-refractivity contribution in [2.75, 3.05) is 0 Å². The predicted molar refractivity (Wildman–Crippen MR) is 125 cm³/mol. The molecule has 2 unspecified atom stereocenters. The van der Waals surface area contributed by atoms with Gasteiger partial charge in [-0.3, -0.25) is 0 Å². The maximum atomic E-state index is 11.9. The van der Waals surface area contributed by atoms with E-state index >= 15 is 0 Å². The monoisotopic (exact) mass is 394 g/mol. The Bertz CT molecular complexity index is 1160. The molecule has 4 rings (SSSR count). The van der Waals surface area contributed by atoms with Crippen LogP contribution < -0.4 is 5.73 Å². The lowest BCUT2D eigenvalue weighted by atomic mass is 9.72. The van der Waals surface area contributed by atoms with E-state index in [9.17, 15) is 5.11 Å². The Morgan fingerprint density at radius 3 is 2.17 bits per heavy atom. The van der Waals surface area contributed by atoms with Crippen LogP contribution >= 0.6 is 0 Å². The van der Waals surface area contributed by atoms with E-state index in [1.54, 1.807) is 0 Å². The van der Waals surface area contributed by atoms with Gasteiger partial charge in [0, 0.05) is 18.9 Å². The zero-order valence-electron chi connectivity index (χ0n) is 17.4. The van der Waals surface area contributed by atoms with Crippen LogP contribution in [0.4, 0.5) is 0 Å². The molecule has 4 aromatic carbocycles. The molecule has 0 saturated carbocycles. The zero-order valence-corrected chi connectivity index (χ0v) is 17.4. The maximum absolute atomic E-state index is 11.9. The minimum atomic E-state index is -1.25. The molecule has 0 aliphatic carbocycles. The minimum absolute atomic E-state index is 0.317. The van der Waals surface area contributed by atoms with E-state index in [0.29, 0.717) is 13.0 Å². The highest BCUT2D eigenvalue weighted by molar-refractivity contribution is 5.86. The van der Waals surface area contributed by atoms with Gasteiger partial charge in [0.05, 0.1) is 5.60 Å². The Balaban J connectivity index is 1.93. The number of nitrogens with two attached hydrogens (primary N) is 1. The lowest BCUT2D eigenvalue weighted by Gasteiger charge is -2.36. The Kier molecular flexibility index (Phi) is 5.72. The van der Waals surface area contributed by atoms with Crippen molar-refractivity contribution in [1.82, 2.24) is 0 Å². The molecule has 0 fully saturated rings. The zero-order chi connectivity index (χ0) is 21.1. The second kappa shape index (κ2) is 8.43. The molecule has 1 radical (unpaired) electrons. The minimum Gasteiger partial charge on any atom is -0.389 e. The van der Waals surface area contributed by atoms with Crippen LogP contribution in [0.1, 0.15) is 33.7 Å². The van der Waals surface area contributed by atoms with E-state index in [2.05, 4.69) is 62.4 Å². The largest absolute Gasteiger partial charge is 0.389 e. The molecule has 0 saturated heterocycles. The Hall–Kier alpha value is -2.94. The molecule has 0 heterocycles. The van der Waals surface area contributed by atoms with Crippen molar-refractivity contribution in [3.05, 3.63) is 126 Å². The third-order valence-electron chi connectivity index (χ3n) is 6.02. The van der Waals surface area contributed by atoms with Crippen LogP contribution in [0.25, 0.3) is 10.8 Å². The van der Waals surface area contributed by atoms with E-state index < -0.39 is 5.60 Å².